The minimum atomic E-state index is -1.13. The lowest BCUT2D eigenvalue weighted by molar-refractivity contribution is -0.136. The second kappa shape index (κ2) is 21.0. The number of rotatable bonds is 14. The molecule has 3 N–H and O–H groups in total. The highest BCUT2D eigenvalue weighted by atomic mass is 32.1. The molecule has 5 amide bonds. The average molecular weight is 1030 g/mol. The van der Waals surface area contributed by atoms with Gasteiger partial charge < -0.3 is 24.5 Å². The number of nitrogens with zero attached hydrogens (tertiary/aromatic N) is 6. The Bertz CT molecular complexity index is 3240. The number of hydrogen-bond donors (Lipinski definition) is 3. The number of carboxylic acids is 1. The van der Waals surface area contributed by atoms with Gasteiger partial charge in [-0.1, -0.05) is 47.7 Å². The van der Waals surface area contributed by atoms with Crippen LogP contribution in [0.5, 0.6) is 5.75 Å². The summed E-state index contributed by atoms with van der Waals surface area (Å²) >= 11 is 1.42. The maximum atomic E-state index is 15.5. The van der Waals surface area contributed by atoms with Gasteiger partial charge in [0.15, 0.2) is 10.8 Å². The highest BCUT2D eigenvalue weighted by Gasteiger charge is 2.45. The number of halogens is 1. The number of carbonyl (C=O) groups excluding carboxylic acids is 5. The highest BCUT2D eigenvalue weighted by Crippen LogP contribution is 2.37. The Morgan fingerprint density at radius 1 is 0.800 bits per heavy atom. The molecule has 18 heteroatoms. The van der Waals surface area contributed by atoms with Gasteiger partial charge in [0.05, 0.1) is 33.6 Å². The molecule has 5 aliphatic heterocycles. The zero-order valence-electron chi connectivity index (χ0n) is 41.6. The average Bonchev–Trinajstić information content (AvgIpc) is 3.93. The molecule has 2 aromatic heterocycles. The number of piperidine rings is 3. The van der Waals surface area contributed by atoms with E-state index in [1.165, 1.54) is 17.4 Å². The Labute approximate surface area is 436 Å². The number of para-hydroxylation sites is 1. The van der Waals surface area contributed by atoms with Crippen LogP contribution in [0.15, 0.2) is 84.9 Å². The van der Waals surface area contributed by atoms with Crippen LogP contribution >= 0.6 is 11.3 Å². The molecule has 3 saturated heterocycles. The van der Waals surface area contributed by atoms with Crippen LogP contribution in [0.3, 0.4) is 0 Å². The van der Waals surface area contributed by atoms with Crippen molar-refractivity contribution in [3.63, 3.8) is 0 Å². The molecule has 0 saturated carbocycles. The molecule has 11 rings (SSSR count). The number of amides is 5. The lowest BCUT2D eigenvalue weighted by Gasteiger charge is -2.38. The van der Waals surface area contributed by atoms with Crippen LogP contribution in [0, 0.1) is 24.6 Å². The first-order valence-electron chi connectivity index (χ1n) is 25.9. The van der Waals surface area contributed by atoms with E-state index in [9.17, 15) is 33.9 Å². The summed E-state index contributed by atoms with van der Waals surface area (Å²) in [5.74, 6) is -2.19. The molecule has 0 bridgehead atoms. The summed E-state index contributed by atoms with van der Waals surface area (Å²) in [7, 11) is 0. The van der Waals surface area contributed by atoms with E-state index in [1.807, 2.05) is 89.5 Å². The third-order valence-corrected chi connectivity index (χ3v) is 16.7. The third-order valence-electron chi connectivity index (χ3n) is 15.7. The first kappa shape index (κ1) is 49.6. The van der Waals surface area contributed by atoms with Crippen LogP contribution in [0.1, 0.15) is 110 Å². The van der Waals surface area contributed by atoms with E-state index < -0.39 is 41.5 Å². The van der Waals surface area contributed by atoms with Crippen LogP contribution in [0.25, 0.3) is 21.3 Å². The molecule has 1 atom stereocenters. The van der Waals surface area contributed by atoms with Crippen molar-refractivity contribution in [1.29, 1.82) is 0 Å². The molecule has 75 heavy (non-hydrogen) atoms. The van der Waals surface area contributed by atoms with Crippen molar-refractivity contribution in [1.82, 2.24) is 25.1 Å². The number of ether oxygens (including phenoxy) is 1. The number of likely N-dealkylation sites (tertiary alicyclic amines) is 1. The Balaban J connectivity index is 0.645. The number of carbonyl (C=O) groups is 6. The van der Waals surface area contributed by atoms with E-state index in [0.29, 0.717) is 78.9 Å². The quantitative estimate of drug-likeness (QED) is 0.0695. The first-order valence-corrected chi connectivity index (χ1v) is 26.7. The molecule has 0 aliphatic carbocycles. The predicted molar refractivity (Wildman–Crippen MR) is 282 cm³/mol. The summed E-state index contributed by atoms with van der Waals surface area (Å²) in [6.45, 7) is 7.74. The van der Waals surface area contributed by atoms with Crippen molar-refractivity contribution < 1.29 is 43.0 Å². The highest BCUT2D eigenvalue weighted by molar-refractivity contribution is 7.22. The van der Waals surface area contributed by atoms with Crippen LogP contribution in [-0.2, 0) is 22.6 Å². The molecule has 1 unspecified atom stereocenters. The van der Waals surface area contributed by atoms with E-state index in [-0.39, 0.29) is 41.3 Å². The number of carboxylic acid groups (broad SMARTS) is 1. The fraction of sp³-hybridized carbons (Fsp3) is 0.368. The van der Waals surface area contributed by atoms with Crippen molar-refractivity contribution in [2.24, 2.45) is 11.8 Å². The fourth-order valence-corrected chi connectivity index (χ4v) is 12.5. The van der Waals surface area contributed by atoms with Gasteiger partial charge in [0.1, 0.15) is 23.4 Å². The number of benzene rings is 4. The fourth-order valence-electron chi connectivity index (χ4n) is 11.6. The molecular formula is C57H57FN8O8S. The van der Waals surface area contributed by atoms with Crippen LogP contribution in [0.4, 0.5) is 21.0 Å². The maximum Gasteiger partial charge on any atom is 0.355 e. The van der Waals surface area contributed by atoms with E-state index in [4.69, 9.17) is 9.72 Å². The normalized spacial score (nSPS) is 18.6. The van der Waals surface area contributed by atoms with Gasteiger partial charge in [-0.05, 0) is 154 Å². The lowest BCUT2D eigenvalue weighted by atomic mass is 9.90. The maximum absolute atomic E-state index is 15.5. The predicted octanol–water partition coefficient (Wildman–Crippen LogP) is 8.51. The molecule has 3 fully saturated rings. The number of aromatic nitrogens is 2. The topological polar surface area (TPSA) is 195 Å². The van der Waals surface area contributed by atoms with Crippen molar-refractivity contribution >= 4 is 73.7 Å². The minimum Gasteiger partial charge on any atom is -0.493 e. The summed E-state index contributed by atoms with van der Waals surface area (Å²) in [6, 6.07) is 24.3. The Morgan fingerprint density at radius 3 is 2.33 bits per heavy atom. The minimum absolute atomic E-state index is 0.0144. The van der Waals surface area contributed by atoms with E-state index in [0.717, 1.165) is 102 Å². The van der Waals surface area contributed by atoms with Gasteiger partial charge in [-0.25, -0.2) is 19.2 Å². The number of pyridine rings is 1. The van der Waals surface area contributed by atoms with Gasteiger partial charge in [0.2, 0.25) is 11.8 Å². The molecule has 0 spiro atoms. The second-order valence-electron chi connectivity index (χ2n) is 20.3. The summed E-state index contributed by atoms with van der Waals surface area (Å²) in [5, 5.41) is 16.2. The van der Waals surface area contributed by atoms with Crippen molar-refractivity contribution in [2.75, 3.05) is 61.0 Å². The number of fused-ring (bicyclic) bond motifs is 3. The Morgan fingerprint density at radius 2 is 1.56 bits per heavy atom. The molecule has 386 valence electrons. The van der Waals surface area contributed by atoms with Gasteiger partial charge in [-0.2, -0.15) is 0 Å². The molecule has 4 aromatic carbocycles. The lowest BCUT2D eigenvalue weighted by Crippen LogP contribution is -2.54. The summed E-state index contributed by atoms with van der Waals surface area (Å²) in [6.07, 6.45) is 6.60. The number of imide groups is 2. The van der Waals surface area contributed by atoms with E-state index in [2.05, 4.69) is 20.5 Å². The van der Waals surface area contributed by atoms with Crippen LogP contribution < -0.4 is 25.2 Å². The van der Waals surface area contributed by atoms with Gasteiger partial charge in [0, 0.05) is 50.3 Å². The smallest absolute Gasteiger partial charge is 0.355 e. The van der Waals surface area contributed by atoms with Gasteiger partial charge in [0.25, 0.3) is 17.7 Å². The molecular weight excluding hydrogens is 976 g/mol. The Kier molecular flexibility index (Phi) is 13.9. The SMILES string of the molecule is Cc1c(OCCCC2CCN(CC3CCN(c4cc5c(cc4F)C(=O)N(C4CCC(=O)NC4=O)C5=O)CC3)CC2)cccc1-c1ccc(N2CCc3cccc(C(=O)Nc4nc5ccccc5s4)c3C2)nc1C(=O)O. The van der Waals surface area contributed by atoms with Crippen LogP contribution in [-0.4, -0.2) is 112 Å². The van der Waals surface area contributed by atoms with Crippen molar-refractivity contribution in [2.45, 2.75) is 77.3 Å². The third kappa shape index (κ3) is 10.1. The largest absolute Gasteiger partial charge is 0.493 e. The van der Waals surface area contributed by atoms with Gasteiger partial charge >= 0.3 is 5.97 Å². The first-order chi connectivity index (χ1) is 36.4. The molecule has 7 heterocycles. The number of thiazole rings is 1. The Hall–Kier alpha value is -7.57. The molecule has 6 aromatic rings. The number of aromatic carboxylic acids is 1. The molecule has 0 radical (unpaired) electrons. The standard InChI is InChI=1S/C57H57FN8O8S/c1-33-37(38-14-16-49(60-51(38)56(72)73)65-27-22-36-8-4-10-39(42(36)32-65)52(68)62-57-59-44-11-2-3-13-48(44)75-57)9-5-12-47(33)74-28-6-7-34-18-23-63(24-19-34)31-35-20-25-64(26-21-35)46-30-41-40(29-43(46)58)54(70)66(55(41)71)45-15-17-50(67)61-53(45)69/h2-5,8-14,16,29-30,34-35,45H,6-7,15,17-28,31-32H2,1H3,(H,72,73)(H,59,62,68)(H,61,67,69). The zero-order valence-corrected chi connectivity index (χ0v) is 42.4. The monoisotopic (exact) mass is 1030 g/mol. The van der Waals surface area contributed by atoms with Gasteiger partial charge in [-0.3, -0.25) is 39.5 Å². The van der Waals surface area contributed by atoms with E-state index >= 15 is 4.39 Å². The number of hydrogen-bond acceptors (Lipinski definition) is 13. The second-order valence-corrected chi connectivity index (χ2v) is 21.3. The van der Waals surface area contributed by atoms with Crippen molar-refractivity contribution in [3.05, 3.63) is 130 Å². The summed E-state index contributed by atoms with van der Waals surface area (Å²) in [4.78, 5) is 93.9. The number of nitrogens with one attached hydrogen (secondary N) is 2. The van der Waals surface area contributed by atoms with Crippen LogP contribution in [0.2, 0.25) is 0 Å². The van der Waals surface area contributed by atoms with Gasteiger partial charge in [-0.15, -0.1) is 0 Å². The summed E-state index contributed by atoms with van der Waals surface area (Å²) < 4.78 is 22.9. The van der Waals surface area contributed by atoms with Crippen molar-refractivity contribution in [3.8, 4) is 16.9 Å². The zero-order chi connectivity index (χ0) is 51.9. The molecule has 16 nitrogen and oxygen atoms in total. The molecule has 5 aliphatic rings. The summed E-state index contributed by atoms with van der Waals surface area (Å²) in [5.41, 5.74) is 5.66. The number of anilines is 3. The van der Waals surface area contributed by atoms with E-state index in [1.54, 1.807) is 0 Å².